The van der Waals surface area contributed by atoms with Crippen molar-refractivity contribution in [1.29, 1.82) is 0 Å². The Bertz CT molecular complexity index is 1860. The minimum Gasteiger partial charge on any atom is -0.501 e. The Hall–Kier alpha value is -5.52. The summed E-state index contributed by atoms with van der Waals surface area (Å²) in [4.78, 5) is 22.3. The highest BCUT2D eigenvalue weighted by Crippen LogP contribution is 2.32. The molecule has 224 valence electrons. The Morgan fingerprint density at radius 2 is 1.45 bits per heavy atom. The number of ether oxygens (including phenoxy) is 3. The van der Waals surface area contributed by atoms with Crippen molar-refractivity contribution < 1.29 is 41.0 Å². The van der Waals surface area contributed by atoms with Gasteiger partial charge in [0.25, 0.3) is 0 Å². The van der Waals surface area contributed by atoms with E-state index in [1.807, 2.05) is 48.5 Å². The third-order valence-electron chi connectivity index (χ3n) is 6.43. The van der Waals surface area contributed by atoms with Gasteiger partial charge in [-0.25, -0.2) is 27.9 Å². The standard InChI is InChI=1S/C32H22F5N3O4/c1-3-10-20(42-2)16-22-31(44-32(41)43-29-27(36)25(34)24(33)26(35)28(29)37)40-17-23(19-13-8-5-9-14-19)38-21(30(40)39-22)15-18-11-6-4-7-12-18/h3-14,17H,1,15-16H2,2H3/b20-10-. The van der Waals surface area contributed by atoms with Gasteiger partial charge in [0.15, 0.2) is 5.65 Å². The molecule has 0 bridgehead atoms. The van der Waals surface area contributed by atoms with E-state index in [2.05, 4.69) is 16.3 Å². The predicted octanol–water partition coefficient (Wildman–Crippen LogP) is 7.52. The number of imidazole rings is 1. The van der Waals surface area contributed by atoms with Crippen LogP contribution in [0, 0.1) is 29.1 Å². The van der Waals surface area contributed by atoms with Gasteiger partial charge in [0.05, 0.1) is 24.9 Å². The second kappa shape index (κ2) is 12.8. The molecule has 0 atom stereocenters. The molecule has 0 saturated carbocycles. The van der Waals surface area contributed by atoms with Crippen LogP contribution < -0.4 is 9.47 Å². The monoisotopic (exact) mass is 607 g/mol. The Kier molecular flexibility index (Phi) is 8.70. The summed E-state index contributed by atoms with van der Waals surface area (Å²) in [5.41, 5.74) is 2.91. The van der Waals surface area contributed by atoms with Gasteiger partial charge in [0.1, 0.15) is 11.5 Å². The van der Waals surface area contributed by atoms with E-state index >= 15 is 0 Å². The zero-order chi connectivity index (χ0) is 31.4. The van der Waals surface area contributed by atoms with Crippen LogP contribution >= 0.6 is 0 Å². The van der Waals surface area contributed by atoms with E-state index in [0.29, 0.717) is 29.1 Å². The average Bonchev–Trinajstić information content (AvgIpc) is 3.38. The summed E-state index contributed by atoms with van der Waals surface area (Å²) in [5.74, 6) is -13.4. The zero-order valence-corrected chi connectivity index (χ0v) is 23.0. The van der Waals surface area contributed by atoms with Crippen molar-refractivity contribution in [2.75, 3.05) is 7.11 Å². The molecule has 0 unspecified atom stereocenters. The Labute approximate surface area is 247 Å². The summed E-state index contributed by atoms with van der Waals surface area (Å²) in [7, 11) is 1.40. The molecule has 0 aliphatic heterocycles. The minimum atomic E-state index is -2.40. The number of nitrogens with zero attached hydrogens (tertiary/aromatic N) is 3. The van der Waals surface area contributed by atoms with E-state index in [4.69, 9.17) is 14.5 Å². The number of hydrogen-bond acceptors (Lipinski definition) is 6. The quantitative estimate of drug-likeness (QED) is 0.0328. The molecule has 7 nitrogen and oxygen atoms in total. The number of benzene rings is 3. The second-order valence-corrected chi connectivity index (χ2v) is 9.26. The number of rotatable bonds is 9. The molecule has 5 rings (SSSR count). The van der Waals surface area contributed by atoms with Gasteiger partial charge in [-0.3, -0.25) is 4.40 Å². The Morgan fingerprint density at radius 3 is 2.07 bits per heavy atom. The van der Waals surface area contributed by atoms with Gasteiger partial charge < -0.3 is 14.2 Å². The number of aromatic nitrogens is 3. The molecule has 2 heterocycles. The lowest BCUT2D eigenvalue weighted by Crippen LogP contribution is -2.19. The van der Waals surface area contributed by atoms with Crippen molar-refractivity contribution in [3.8, 4) is 22.9 Å². The number of allylic oxidation sites excluding steroid dienone is 3. The molecule has 0 radical (unpaired) electrons. The van der Waals surface area contributed by atoms with Gasteiger partial charge in [-0.15, -0.1) is 0 Å². The first-order valence-corrected chi connectivity index (χ1v) is 13.0. The summed E-state index contributed by atoms with van der Waals surface area (Å²) in [6, 6.07) is 18.4. The van der Waals surface area contributed by atoms with Crippen molar-refractivity contribution in [3.63, 3.8) is 0 Å². The fraction of sp³-hybridized carbons (Fsp3) is 0.0938. The molecule has 44 heavy (non-hydrogen) atoms. The van der Waals surface area contributed by atoms with Crippen molar-refractivity contribution in [2.45, 2.75) is 12.8 Å². The molecule has 0 saturated heterocycles. The van der Waals surface area contributed by atoms with E-state index < -0.39 is 41.0 Å². The number of carbonyl (C=O) groups excluding carboxylic acids is 1. The topological polar surface area (TPSA) is 75.0 Å². The maximum Gasteiger partial charge on any atom is 0.520 e. The molecule has 0 aliphatic rings. The molecule has 0 N–H and O–H groups in total. The highest BCUT2D eigenvalue weighted by atomic mass is 19.2. The van der Waals surface area contributed by atoms with E-state index in [9.17, 15) is 26.7 Å². The fourth-order valence-corrected chi connectivity index (χ4v) is 4.37. The molecular weight excluding hydrogens is 585 g/mol. The van der Waals surface area contributed by atoms with Crippen LogP contribution in [0.1, 0.15) is 17.0 Å². The van der Waals surface area contributed by atoms with E-state index in [-0.39, 0.29) is 23.6 Å². The smallest absolute Gasteiger partial charge is 0.501 e. The maximum atomic E-state index is 14.3. The number of methoxy groups -OCH3 is 1. The minimum absolute atomic E-state index is 0.0548. The van der Waals surface area contributed by atoms with Gasteiger partial charge >= 0.3 is 6.16 Å². The van der Waals surface area contributed by atoms with Crippen LogP contribution in [0.15, 0.2) is 91.4 Å². The molecular formula is C32H22F5N3O4. The number of fused-ring (bicyclic) bond motifs is 1. The third kappa shape index (κ3) is 6.00. The van der Waals surface area contributed by atoms with Crippen LogP contribution in [0.25, 0.3) is 16.9 Å². The molecule has 0 fully saturated rings. The van der Waals surface area contributed by atoms with Gasteiger partial charge in [0, 0.05) is 18.2 Å². The lowest BCUT2D eigenvalue weighted by molar-refractivity contribution is 0.143. The summed E-state index contributed by atoms with van der Waals surface area (Å²) < 4.78 is 86.2. The SMILES string of the molecule is C=C/C=C(/Cc1nc2c(Cc3ccccc3)nc(-c3ccccc3)cn2c1OC(=O)Oc1c(F)c(F)c(F)c(F)c1F)OC. The highest BCUT2D eigenvalue weighted by Gasteiger charge is 2.30. The van der Waals surface area contributed by atoms with Crippen LogP contribution in [-0.4, -0.2) is 27.6 Å². The molecule has 0 spiro atoms. The van der Waals surface area contributed by atoms with Crippen molar-refractivity contribution in [2.24, 2.45) is 0 Å². The Balaban J connectivity index is 1.66. The van der Waals surface area contributed by atoms with Gasteiger partial charge in [-0.2, -0.15) is 8.78 Å². The van der Waals surface area contributed by atoms with Crippen LogP contribution in [0.4, 0.5) is 26.7 Å². The largest absolute Gasteiger partial charge is 0.520 e. The summed E-state index contributed by atoms with van der Waals surface area (Å²) in [5, 5.41) is 0. The predicted molar refractivity (Wildman–Crippen MR) is 150 cm³/mol. The first-order valence-electron chi connectivity index (χ1n) is 13.0. The fourth-order valence-electron chi connectivity index (χ4n) is 4.37. The van der Waals surface area contributed by atoms with Gasteiger partial charge in [-0.05, 0) is 11.6 Å². The second-order valence-electron chi connectivity index (χ2n) is 9.26. The highest BCUT2D eigenvalue weighted by molar-refractivity contribution is 5.69. The number of carbonyl (C=O) groups is 1. The number of hydrogen-bond donors (Lipinski definition) is 0. The lowest BCUT2D eigenvalue weighted by atomic mass is 10.1. The molecule has 0 aliphatic carbocycles. The van der Waals surface area contributed by atoms with Gasteiger partial charge in [0.2, 0.25) is 40.7 Å². The number of halogens is 5. The maximum absolute atomic E-state index is 14.3. The zero-order valence-electron chi connectivity index (χ0n) is 23.0. The van der Waals surface area contributed by atoms with Crippen molar-refractivity contribution >= 4 is 11.8 Å². The molecule has 3 aromatic carbocycles. The summed E-state index contributed by atoms with van der Waals surface area (Å²) in [6.45, 7) is 3.64. The average molecular weight is 608 g/mol. The first-order chi connectivity index (χ1) is 21.2. The van der Waals surface area contributed by atoms with Crippen LogP contribution in [0.5, 0.6) is 11.6 Å². The Morgan fingerprint density at radius 1 is 0.841 bits per heavy atom. The van der Waals surface area contributed by atoms with Crippen LogP contribution in [-0.2, 0) is 17.6 Å². The summed E-state index contributed by atoms with van der Waals surface area (Å²) in [6.07, 6.45) is 3.00. The lowest BCUT2D eigenvalue weighted by Gasteiger charge is -2.12. The molecule has 0 amide bonds. The van der Waals surface area contributed by atoms with Crippen molar-refractivity contribution in [3.05, 3.63) is 137 Å². The normalized spacial score (nSPS) is 11.5. The molecule has 2 aromatic heterocycles. The first kappa shape index (κ1) is 30.0. The van der Waals surface area contributed by atoms with Crippen LogP contribution in [0.2, 0.25) is 0 Å². The summed E-state index contributed by atoms with van der Waals surface area (Å²) >= 11 is 0. The third-order valence-corrected chi connectivity index (χ3v) is 6.43. The van der Waals surface area contributed by atoms with Crippen molar-refractivity contribution in [1.82, 2.24) is 14.4 Å². The van der Waals surface area contributed by atoms with Crippen LogP contribution in [0.3, 0.4) is 0 Å². The van der Waals surface area contributed by atoms with E-state index in [0.717, 1.165) is 5.56 Å². The van der Waals surface area contributed by atoms with E-state index in [1.165, 1.54) is 23.8 Å². The molecule has 12 heteroatoms. The van der Waals surface area contributed by atoms with E-state index in [1.54, 1.807) is 18.2 Å². The van der Waals surface area contributed by atoms with Gasteiger partial charge in [-0.1, -0.05) is 73.3 Å². The molecule has 5 aromatic rings.